The molecule has 170 valence electrons. The second-order valence-electron chi connectivity index (χ2n) is 8.53. The molecule has 1 saturated heterocycles. The van der Waals surface area contributed by atoms with Crippen LogP contribution >= 0.6 is 11.6 Å². The molecule has 2 atom stereocenters. The number of nitrogens with zero attached hydrogens (tertiary/aromatic N) is 4. The summed E-state index contributed by atoms with van der Waals surface area (Å²) in [6.45, 7) is 2.56. The number of carbonyl (C=O) groups excluding carboxylic acids is 1. The SMILES string of the molecule is O=C(NCc1ccccn1)c1cnc(N2CC3CC3C2)nc1NCc1ccc(CO)c(Cl)c1. The van der Waals surface area contributed by atoms with Crippen LogP contribution in [0.3, 0.4) is 0 Å². The van der Waals surface area contributed by atoms with Gasteiger partial charge in [-0.25, -0.2) is 4.98 Å². The number of hydrogen-bond acceptors (Lipinski definition) is 7. The first-order valence-electron chi connectivity index (χ1n) is 11.0. The van der Waals surface area contributed by atoms with Gasteiger partial charge in [0.25, 0.3) is 5.91 Å². The van der Waals surface area contributed by atoms with Crippen molar-refractivity contribution < 1.29 is 9.90 Å². The third-order valence-corrected chi connectivity index (χ3v) is 6.54. The Labute approximate surface area is 197 Å². The summed E-state index contributed by atoms with van der Waals surface area (Å²) in [5.74, 6) is 2.34. The van der Waals surface area contributed by atoms with Gasteiger partial charge in [0, 0.05) is 37.1 Å². The summed E-state index contributed by atoms with van der Waals surface area (Å²) in [7, 11) is 0. The number of carbonyl (C=O) groups is 1. The second kappa shape index (κ2) is 9.33. The second-order valence-corrected chi connectivity index (χ2v) is 8.94. The van der Waals surface area contributed by atoms with E-state index in [1.807, 2.05) is 24.3 Å². The molecule has 2 fully saturated rings. The van der Waals surface area contributed by atoms with Crippen LogP contribution in [-0.2, 0) is 19.7 Å². The van der Waals surface area contributed by atoms with Crippen LogP contribution in [0.25, 0.3) is 0 Å². The zero-order valence-corrected chi connectivity index (χ0v) is 18.8. The Morgan fingerprint density at radius 2 is 2.00 bits per heavy atom. The molecule has 0 spiro atoms. The maximum atomic E-state index is 13.0. The molecule has 5 rings (SSSR count). The van der Waals surface area contributed by atoms with E-state index in [0.29, 0.717) is 41.0 Å². The molecule has 1 amide bonds. The van der Waals surface area contributed by atoms with E-state index in [1.165, 1.54) is 6.42 Å². The predicted molar refractivity (Wildman–Crippen MR) is 126 cm³/mol. The predicted octanol–water partition coefficient (Wildman–Crippen LogP) is 3.02. The van der Waals surface area contributed by atoms with Crippen LogP contribution in [0.1, 0.15) is 33.6 Å². The molecule has 3 heterocycles. The van der Waals surface area contributed by atoms with Crippen LogP contribution in [0.5, 0.6) is 0 Å². The summed E-state index contributed by atoms with van der Waals surface area (Å²) in [4.78, 5) is 28.6. The lowest BCUT2D eigenvalue weighted by Gasteiger charge is -2.20. The van der Waals surface area contributed by atoms with Gasteiger partial charge in [-0.05, 0) is 47.6 Å². The van der Waals surface area contributed by atoms with E-state index in [4.69, 9.17) is 16.6 Å². The molecule has 2 unspecified atom stereocenters. The number of halogens is 1. The van der Waals surface area contributed by atoms with Crippen molar-refractivity contribution in [2.24, 2.45) is 11.8 Å². The monoisotopic (exact) mass is 464 g/mol. The molecule has 0 bridgehead atoms. The Balaban J connectivity index is 1.35. The first kappa shape index (κ1) is 21.6. The summed E-state index contributed by atoms with van der Waals surface area (Å²) >= 11 is 6.23. The Morgan fingerprint density at radius 3 is 2.73 bits per heavy atom. The lowest BCUT2D eigenvalue weighted by molar-refractivity contribution is 0.0950. The van der Waals surface area contributed by atoms with Gasteiger partial charge in [-0.1, -0.05) is 29.8 Å². The quantitative estimate of drug-likeness (QED) is 0.470. The minimum Gasteiger partial charge on any atom is -0.392 e. The highest BCUT2D eigenvalue weighted by Crippen LogP contribution is 2.45. The normalized spacial score (nSPS) is 18.7. The number of aromatic nitrogens is 3. The van der Waals surface area contributed by atoms with E-state index in [1.54, 1.807) is 24.5 Å². The number of benzene rings is 1. The van der Waals surface area contributed by atoms with Crippen molar-refractivity contribution >= 4 is 29.3 Å². The average Bonchev–Trinajstić information content (AvgIpc) is 3.46. The van der Waals surface area contributed by atoms with Crippen molar-refractivity contribution in [3.05, 3.63) is 76.2 Å². The Bertz CT molecular complexity index is 1150. The fourth-order valence-electron chi connectivity index (χ4n) is 4.17. The Kier molecular flexibility index (Phi) is 6.11. The van der Waals surface area contributed by atoms with Crippen molar-refractivity contribution in [3.63, 3.8) is 0 Å². The van der Waals surface area contributed by atoms with E-state index < -0.39 is 0 Å². The van der Waals surface area contributed by atoms with Gasteiger partial charge in [-0.3, -0.25) is 9.78 Å². The van der Waals surface area contributed by atoms with Crippen LogP contribution in [0.2, 0.25) is 5.02 Å². The number of hydrogen-bond donors (Lipinski definition) is 3. The molecule has 1 aliphatic carbocycles. The van der Waals surface area contributed by atoms with Gasteiger partial charge in [0.15, 0.2) is 0 Å². The lowest BCUT2D eigenvalue weighted by atomic mass is 10.1. The van der Waals surface area contributed by atoms with E-state index in [9.17, 15) is 9.90 Å². The molecule has 3 aromatic rings. The zero-order valence-electron chi connectivity index (χ0n) is 18.0. The van der Waals surface area contributed by atoms with Crippen molar-refractivity contribution in [2.45, 2.75) is 26.1 Å². The van der Waals surface area contributed by atoms with Gasteiger partial charge in [-0.2, -0.15) is 4.98 Å². The maximum absolute atomic E-state index is 13.0. The van der Waals surface area contributed by atoms with E-state index in [0.717, 1.165) is 36.2 Å². The molecule has 0 radical (unpaired) electrons. The van der Waals surface area contributed by atoms with Crippen LogP contribution in [0, 0.1) is 11.8 Å². The fraction of sp³-hybridized carbons (Fsp3) is 0.333. The number of aliphatic hydroxyl groups excluding tert-OH is 1. The number of fused-ring (bicyclic) bond motifs is 1. The number of nitrogens with one attached hydrogen (secondary N) is 2. The largest absolute Gasteiger partial charge is 0.392 e. The van der Waals surface area contributed by atoms with Crippen molar-refractivity contribution in [3.8, 4) is 0 Å². The smallest absolute Gasteiger partial charge is 0.256 e. The maximum Gasteiger partial charge on any atom is 0.256 e. The van der Waals surface area contributed by atoms with Crippen molar-refractivity contribution in [2.75, 3.05) is 23.3 Å². The highest BCUT2D eigenvalue weighted by Gasteiger charge is 2.45. The number of rotatable bonds is 8. The molecular formula is C24H25ClN6O2. The average molecular weight is 465 g/mol. The number of anilines is 2. The van der Waals surface area contributed by atoms with Gasteiger partial charge in [0.2, 0.25) is 5.95 Å². The molecule has 9 heteroatoms. The summed E-state index contributed by atoms with van der Waals surface area (Å²) in [6, 6.07) is 11.1. The third kappa shape index (κ3) is 4.91. The van der Waals surface area contributed by atoms with Gasteiger partial charge in [-0.15, -0.1) is 0 Å². The van der Waals surface area contributed by atoms with Crippen LogP contribution < -0.4 is 15.5 Å². The number of amides is 1. The minimum absolute atomic E-state index is 0.111. The van der Waals surface area contributed by atoms with Gasteiger partial charge in [0.1, 0.15) is 11.4 Å². The molecule has 2 aromatic heterocycles. The number of piperidine rings is 1. The third-order valence-electron chi connectivity index (χ3n) is 6.19. The molecular weight excluding hydrogens is 440 g/mol. The van der Waals surface area contributed by atoms with E-state index >= 15 is 0 Å². The Morgan fingerprint density at radius 1 is 1.15 bits per heavy atom. The molecule has 33 heavy (non-hydrogen) atoms. The summed E-state index contributed by atoms with van der Waals surface area (Å²) in [5.41, 5.74) is 2.73. The van der Waals surface area contributed by atoms with Gasteiger partial charge < -0.3 is 20.6 Å². The summed E-state index contributed by atoms with van der Waals surface area (Å²) in [6.07, 6.45) is 4.57. The van der Waals surface area contributed by atoms with Crippen LogP contribution in [0.15, 0.2) is 48.8 Å². The first-order chi connectivity index (χ1) is 16.1. The van der Waals surface area contributed by atoms with Crippen molar-refractivity contribution in [1.29, 1.82) is 0 Å². The van der Waals surface area contributed by atoms with E-state index in [2.05, 4.69) is 25.5 Å². The molecule has 1 aliphatic heterocycles. The highest BCUT2D eigenvalue weighted by atomic mass is 35.5. The summed E-state index contributed by atoms with van der Waals surface area (Å²) < 4.78 is 0. The van der Waals surface area contributed by atoms with Crippen LogP contribution in [-0.4, -0.2) is 39.1 Å². The zero-order chi connectivity index (χ0) is 22.8. The van der Waals surface area contributed by atoms with E-state index in [-0.39, 0.29) is 12.5 Å². The molecule has 8 nitrogen and oxygen atoms in total. The standard InChI is InChI=1S/C24H25ClN6O2/c25-21-7-15(4-5-16(21)14-32)9-27-22-20(23(33)28-10-19-3-1-2-6-26-19)11-29-24(30-22)31-12-17-8-18(17)13-31/h1-7,11,17-18,32H,8-10,12-14H2,(H,28,33)(H,27,29,30). The molecule has 1 aromatic carbocycles. The number of pyridine rings is 1. The first-order valence-corrected chi connectivity index (χ1v) is 11.4. The highest BCUT2D eigenvalue weighted by molar-refractivity contribution is 6.31. The summed E-state index contributed by atoms with van der Waals surface area (Å²) in [5, 5.41) is 16.0. The minimum atomic E-state index is -0.271. The van der Waals surface area contributed by atoms with Crippen LogP contribution in [0.4, 0.5) is 11.8 Å². The molecule has 2 aliphatic rings. The van der Waals surface area contributed by atoms with Gasteiger partial charge in [0.05, 0.1) is 18.8 Å². The molecule has 1 saturated carbocycles. The lowest BCUT2D eigenvalue weighted by Crippen LogP contribution is -2.27. The fourth-order valence-corrected chi connectivity index (χ4v) is 4.43. The number of aliphatic hydroxyl groups is 1. The topological polar surface area (TPSA) is 103 Å². The van der Waals surface area contributed by atoms with Crippen molar-refractivity contribution in [1.82, 2.24) is 20.3 Å². The molecule has 3 N–H and O–H groups in total. The Hall–Kier alpha value is -3.23. The van der Waals surface area contributed by atoms with Gasteiger partial charge >= 0.3 is 0 Å².